The standard InChI is InChI=1S/C5H7N3O2/c1-10-3-2-7-8-5(9)4(3)6/h2H,1H3,(H2,6,7)(H,8,9). The number of rotatable bonds is 1. The van der Waals surface area contributed by atoms with Gasteiger partial charge in [0.1, 0.15) is 5.69 Å². The number of H-pyrrole nitrogens is 1. The van der Waals surface area contributed by atoms with Crippen molar-refractivity contribution in [2.24, 2.45) is 0 Å². The monoisotopic (exact) mass is 141 g/mol. The third-order valence-corrected chi connectivity index (χ3v) is 1.08. The Kier molecular flexibility index (Phi) is 1.57. The van der Waals surface area contributed by atoms with Crippen LogP contribution in [-0.4, -0.2) is 17.3 Å². The number of hydrogen-bond acceptors (Lipinski definition) is 4. The van der Waals surface area contributed by atoms with E-state index in [1.807, 2.05) is 0 Å². The molecule has 0 atom stereocenters. The largest absolute Gasteiger partial charge is 0.493 e. The van der Waals surface area contributed by atoms with E-state index < -0.39 is 5.56 Å². The zero-order chi connectivity index (χ0) is 7.56. The number of aromatic amines is 1. The molecule has 5 heteroatoms. The van der Waals surface area contributed by atoms with Crippen molar-refractivity contribution in [3.63, 3.8) is 0 Å². The topological polar surface area (TPSA) is 81.0 Å². The van der Waals surface area contributed by atoms with Gasteiger partial charge in [-0.1, -0.05) is 0 Å². The van der Waals surface area contributed by atoms with Gasteiger partial charge >= 0.3 is 0 Å². The number of hydrogen-bond donors (Lipinski definition) is 2. The van der Waals surface area contributed by atoms with Gasteiger partial charge in [-0.3, -0.25) is 4.79 Å². The molecule has 0 spiro atoms. The lowest BCUT2D eigenvalue weighted by Gasteiger charge is -1.98. The second-order valence-electron chi connectivity index (χ2n) is 1.68. The lowest BCUT2D eigenvalue weighted by Crippen LogP contribution is -2.13. The molecule has 0 aliphatic heterocycles. The molecular formula is C5H7N3O2. The average molecular weight is 141 g/mol. The summed E-state index contributed by atoms with van der Waals surface area (Å²) >= 11 is 0. The fourth-order valence-corrected chi connectivity index (χ4v) is 0.554. The molecule has 1 aromatic heterocycles. The van der Waals surface area contributed by atoms with Crippen LogP contribution in [0.5, 0.6) is 5.75 Å². The first-order chi connectivity index (χ1) is 4.75. The van der Waals surface area contributed by atoms with Crippen molar-refractivity contribution in [3.05, 3.63) is 16.6 Å². The molecule has 0 saturated heterocycles. The molecule has 1 aromatic rings. The SMILES string of the molecule is COc1cn[nH]c(=O)c1N. The highest BCUT2D eigenvalue weighted by molar-refractivity contribution is 5.47. The van der Waals surface area contributed by atoms with Crippen LogP contribution >= 0.6 is 0 Å². The van der Waals surface area contributed by atoms with Gasteiger partial charge in [0.15, 0.2) is 5.75 Å². The van der Waals surface area contributed by atoms with Crippen LogP contribution in [0.2, 0.25) is 0 Å². The summed E-state index contributed by atoms with van der Waals surface area (Å²) in [5, 5.41) is 5.64. The van der Waals surface area contributed by atoms with E-state index in [-0.39, 0.29) is 5.69 Å². The highest BCUT2D eigenvalue weighted by Crippen LogP contribution is 2.11. The van der Waals surface area contributed by atoms with Crippen LogP contribution in [0.1, 0.15) is 0 Å². The lowest BCUT2D eigenvalue weighted by molar-refractivity contribution is 0.413. The van der Waals surface area contributed by atoms with Gasteiger partial charge in [-0.05, 0) is 0 Å². The number of nitrogens with zero attached hydrogens (tertiary/aromatic N) is 1. The second-order valence-corrected chi connectivity index (χ2v) is 1.68. The van der Waals surface area contributed by atoms with Crippen molar-refractivity contribution < 1.29 is 4.74 Å². The first-order valence-corrected chi connectivity index (χ1v) is 2.63. The minimum Gasteiger partial charge on any atom is -0.493 e. The summed E-state index contributed by atoms with van der Waals surface area (Å²) in [5.74, 6) is 0.295. The van der Waals surface area contributed by atoms with Gasteiger partial charge in [0, 0.05) is 0 Å². The predicted octanol–water partition coefficient (Wildman–Crippen LogP) is -0.639. The normalized spacial score (nSPS) is 9.30. The molecule has 0 fully saturated rings. The van der Waals surface area contributed by atoms with Crippen LogP contribution < -0.4 is 16.0 Å². The van der Waals surface area contributed by atoms with Gasteiger partial charge in [0.05, 0.1) is 13.3 Å². The highest BCUT2D eigenvalue weighted by atomic mass is 16.5. The van der Waals surface area contributed by atoms with E-state index in [9.17, 15) is 4.79 Å². The van der Waals surface area contributed by atoms with E-state index in [0.29, 0.717) is 5.75 Å². The number of aromatic nitrogens is 2. The third-order valence-electron chi connectivity index (χ3n) is 1.08. The number of anilines is 1. The number of nitrogens with two attached hydrogens (primary N) is 1. The summed E-state index contributed by atoms with van der Waals surface area (Å²) < 4.78 is 4.72. The van der Waals surface area contributed by atoms with Crippen LogP contribution in [0.4, 0.5) is 5.69 Å². The molecule has 0 bridgehead atoms. The van der Waals surface area contributed by atoms with E-state index >= 15 is 0 Å². The maximum atomic E-state index is 10.7. The van der Waals surface area contributed by atoms with Gasteiger partial charge in [-0.25, -0.2) is 5.10 Å². The number of ether oxygens (including phenoxy) is 1. The Bertz CT molecular complexity index is 280. The van der Waals surface area contributed by atoms with Gasteiger partial charge in [-0.2, -0.15) is 5.10 Å². The summed E-state index contributed by atoms with van der Waals surface area (Å²) in [7, 11) is 1.42. The zero-order valence-electron chi connectivity index (χ0n) is 5.42. The van der Waals surface area contributed by atoms with E-state index in [1.165, 1.54) is 13.3 Å². The summed E-state index contributed by atoms with van der Waals surface area (Å²) in [4.78, 5) is 10.7. The Labute approximate surface area is 56.8 Å². The quantitative estimate of drug-likeness (QED) is 0.545. The van der Waals surface area contributed by atoms with Crippen LogP contribution in [0, 0.1) is 0 Å². The Morgan fingerprint density at radius 1 is 1.80 bits per heavy atom. The van der Waals surface area contributed by atoms with Crippen molar-refractivity contribution >= 4 is 5.69 Å². The van der Waals surface area contributed by atoms with E-state index in [1.54, 1.807) is 0 Å². The molecule has 0 aromatic carbocycles. The molecule has 5 nitrogen and oxygen atoms in total. The molecule has 1 rings (SSSR count). The minimum absolute atomic E-state index is 0.0532. The van der Waals surface area contributed by atoms with Crippen LogP contribution in [-0.2, 0) is 0 Å². The van der Waals surface area contributed by atoms with Crippen molar-refractivity contribution in [3.8, 4) is 5.75 Å². The molecule has 54 valence electrons. The Morgan fingerprint density at radius 2 is 2.50 bits per heavy atom. The molecular weight excluding hydrogens is 134 g/mol. The molecule has 0 aliphatic carbocycles. The summed E-state index contributed by atoms with van der Waals surface area (Å²) in [6.07, 6.45) is 1.34. The Hall–Kier alpha value is -1.52. The van der Waals surface area contributed by atoms with Gasteiger partial charge in [-0.15, -0.1) is 0 Å². The highest BCUT2D eigenvalue weighted by Gasteiger charge is 2.00. The number of nitrogens with one attached hydrogen (secondary N) is 1. The smallest absolute Gasteiger partial charge is 0.291 e. The molecule has 0 unspecified atom stereocenters. The number of methoxy groups -OCH3 is 1. The van der Waals surface area contributed by atoms with Gasteiger partial charge < -0.3 is 10.5 Å². The molecule has 0 aliphatic rings. The second kappa shape index (κ2) is 2.38. The third kappa shape index (κ3) is 0.928. The maximum Gasteiger partial charge on any atom is 0.291 e. The van der Waals surface area contributed by atoms with Crippen molar-refractivity contribution in [1.82, 2.24) is 10.2 Å². The molecule has 1 heterocycles. The Morgan fingerprint density at radius 3 is 3.00 bits per heavy atom. The van der Waals surface area contributed by atoms with Crippen LogP contribution in [0.3, 0.4) is 0 Å². The van der Waals surface area contributed by atoms with Crippen LogP contribution in [0.15, 0.2) is 11.0 Å². The lowest BCUT2D eigenvalue weighted by atomic mass is 10.4. The van der Waals surface area contributed by atoms with E-state index in [0.717, 1.165) is 0 Å². The minimum atomic E-state index is -0.431. The first kappa shape index (κ1) is 6.60. The van der Waals surface area contributed by atoms with Gasteiger partial charge in [0.25, 0.3) is 5.56 Å². The van der Waals surface area contributed by atoms with Crippen molar-refractivity contribution in [2.45, 2.75) is 0 Å². The predicted molar refractivity (Wildman–Crippen MR) is 35.8 cm³/mol. The maximum absolute atomic E-state index is 10.7. The summed E-state index contributed by atoms with van der Waals surface area (Å²) in [5.41, 5.74) is 4.91. The fraction of sp³-hybridized carbons (Fsp3) is 0.200. The summed E-state index contributed by atoms with van der Waals surface area (Å²) in [6.45, 7) is 0. The molecule has 0 amide bonds. The summed E-state index contributed by atoms with van der Waals surface area (Å²) in [6, 6.07) is 0. The Balaban J connectivity index is 3.28. The number of nitrogen functional groups attached to an aromatic ring is 1. The average Bonchev–Trinajstić information content (AvgIpc) is 1.95. The van der Waals surface area contributed by atoms with Crippen molar-refractivity contribution in [2.75, 3.05) is 12.8 Å². The van der Waals surface area contributed by atoms with Crippen molar-refractivity contribution in [1.29, 1.82) is 0 Å². The van der Waals surface area contributed by atoms with Crippen LogP contribution in [0.25, 0.3) is 0 Å². The zero-order valence-corrected chi connectivity index (χ0v) is 5.42. The van der Waals surface area contributed by atoms with E-state index in [4.69, 9.17) is 10.5 Å². The molecule has 0 saturated carbocycles. The van der Waals surface area contributed by atoms with E-state index in [2.05, 4.69) is 10.2 Å². The van der Waals surface area contributed by atoms with Gasteiger partial charge in [0.2, 0.25) is 0 Å². The first-order valence-electron chi connectivity index (χ1n) is 2.63. The fourth-order valence-electron chi connectivity index (χ4n) is 0.554. The molecule has 10 heavy (non-hydrogen) atoms. The molecule has 3 N–H and O–H groups in total. The molecule has 0 radical (unpaired) electrons.